The molecule has 1 aliphatic rings. The van der Waals surface area contributed by atoms with E-state index in [0.29, 0.717) is 22.1 Å². The average molecular weight is 573 g/mol. The van der Waals surface area contributed by atoms with Crippen LogP contribution in [0.5, 0.6) is 11.5 Å². The molecular formula is C36H30O3P2. The van der Waals surface area contributed by atoms with E-state index in [-0.39, 0.29) is 0 Å². The maximum absolute atomic E-state index is 15.3. The Morgan fingerprint density at radius 1 is 0.463 bits per heavy atom. The van der Waals surface area contributed by atoms with Crippen LogP contribution in [-0.4, -0.2) is 0 Å². The first-order valence-corrected chi connectivity index (χ1v) is 17.1. The van der Waals surface area contributed by atoms with Crippen molar-refractivity contribution < 1.29 is 13.9 Å². The molecule has 202 valence electrons. The third kappa shape index (κ3) is 5.08. The average Bonchev–Trinajstić information content (AvgIpc) is 3.06. The highest BCUT2D eigenvalue weighted by Gasteiger charge is 2.36. The Hall–Kier alpha value is -4.16. The molecule has 1 unspecified atom stereocenters. The summed E-state index contributed by atoms with van der Waals surface area (Å²) in [5.74, 6) is 0.962. The van der Waals surface area contributed by atoms with Crippen molar-refractivity contribution in [2.75, 3.05) is 0 Å². The molecule has 1 aliphatic carbocycles. The summed E-state index contributed by atoms with van der Waals surface area (Å²) in [5.41, 5.74) is 0. The van der Waals surface area contributed by atoms with Gasteiger partial charge < -0.3 is 13.9 Å². The third-order valence-electron chi connectivity index (χ3n) is 7.33. The number of rotatable bonds is 8. The van der Waals surface area contributed by atoms with Crippen LogP contribution in [0, 0.1) is 0 Å². The van der Waals surface area contributed by atoms with Crippen LogP contribution in [0.4, 0.5) is 0 Å². The van der Waals surface area contributed by atoms with Crippen LogP contribution in [0.15, 0.2) is 163 Å². The Bertz CT molecular complexity index is 1770. The van der Waals surface area contributed by atoms with Gasteiger partial charge in [0.1, 0.15) is 11.5 Å². The molecule has 0 N–H and O–H groups in total. The zero-order valence-electron chi connectivity index (χ0n) is 22.5. The lowest BCUT2D eigenvalue weighted by molar-refractivity contribution is 0.489. The Balaban J connectivity index is 1.53. The number of allylic oxidation sites excluding steroid dienone is 4. The van der Waals surface area contributed by atoms with Gasteiger partial charge in [-0.2, -0.15) is 0 Å². The van der Waals surface area contributed by atoms with E-state index in [1.165, 1.54) is 0 Å². The first kappa shape index (κ1) is 27.0. The van der Waals surface area contributed by atoms with E-state index >= 15 is 9.13 Å². The van der Waals surface area contributed by atoms with Gasteiger partial charge >= 0.3 is 0 Å². The molecule has 0 aromatic heterocycles. The molecule has 6 rings (SSSR count). The second-order valence-corrected chi connectivity index (χ2v) is 15.3. The summed E-state index contributed by atoms with van der Waals surface area (Å²) in [6.45, 7) is 0. The number of para-hydroxylation sites is 2. The monoisotopic (exact) mass is 572 g/mol. The molecule has 0 aliphatic heterocycles. The molecule has 5 aromatic carbocycles. The summed E-state index contributed by atoms with van der Waals surface area (Å²) in [5, 5.41) is 4.22. The van der Waals surface area contributed by atoms with Crippen molar-refractivity contribution in [3.63, 3.8) is 0 Å². The van der Waals surface area contributed by atoms with Crippen LogP contribution in [-0.2, 0) is 9.13 Å². The molecule has 1 atom stereocenters. The van der Waals surface area contributed by atoms with E-state index in [9.17, 15) is 0 Å². The van der Waals surface area contributed by atoms with Gasteiger partial charge in [0.2, 0.25) is 0 Å². The van der Waals surface area contributed by atoms with Gasteiger partial charge in [-0.05, 0) is 37.1 Å². The first-order chi connectivity index (χ1) is 20.1. The maximum Gasteiger partial charge on any atom is 0.174 e. The molecule has 0 saturated heterocycles. The fourth-order valence-electron chi connectivity index (χ4n) is 5.33. The minimum absolute atomic E-state index is 0.476. The fraction of sp³-hybridized carbons (Fsp3) is 0.0556. The smallest absolute Gasteiger partial charge is 0.174 e. The normalized spacial score (nSPS) is 14.6. The summed E-state index contributed by atoms with van der Waals surface area (Å²) in [6.07, 6.45) is 7.92. The third-order valence-corrected chi connectivity index (χ3v) is 13.6. The highest BCUT2D eigenvalue weighted by molar-refractivity contribution is 7.85. The highest BCUT2D eigenvalue weighted by Crippen LogP contribution is 2.55. The van der Waals surface area contributed by atoms with Gasteiger partial charge in [-0.1, -0.05) is 133 Å². The minimum Gasteiger partial charge on any atom is -0.456 e. The number of hydrogen-bond donors (Lipinski definition) is 0. The molecule has 0 amide bonds. The van der Waals surface area contributed by atoms with Crippen LogP contribution in [0.25, 0.3) is 0 Å². The van der Waals surface area contributed by atoms with E-state index in [1.807, 2.05) is 146 Å². The number of ether oxygens (including phenoxy) is 1. The van der Waals surface area contributed by atoms with Crippen LogP contribution in [0.3, 0.4) is 0 Å². The van der Waals surface area contributed by atoms with Crippen molar-refractivity contribution in [3.05, 3.63) is 163 Å². The molecule has 0 saturated carbocycles. The van der Waals surface area contributed by atoms with Crippen LogP contribution < -0.4 is 31.3 Å². The molecule has 0 fully saturated rings. The van der Waals surface area contributed by atoms with Crippen LogP contribution in [0.2, 0.25) is 0 Å². The first-order valence-electron chi connectivity index (χ1n) is 13.7. The lowest BCUT2D eigenvalue weighted by atomic mass is 10.2. The summed E-state index contributed by atoms with van der Waals surface area (Å²) in [4.78, 5) is 0. The Morgan fingerprint density at radius 3 is 1.34 bits per heavy atom. The quantitative estimate of drug-likeness (QED) is 0.179. The van der Waals surface area contributed by atoms with Crippen molar-refractivity contribution in [3.8, 4) is 11.5 Å². The van der Waals surface area contributed by atoms with E-state index in [1.54, 1.807) is 0 Å². The summed E-state index contributed by atoms with van der Waals surface area (Å²) < 4.78 is 37.2. The lowest BCUT2D eigenvalue weighted by Gasteiger charge is -2.26. The van der Waals surface area contributed by atoms with Crippen molar-refractivity contribution >= 4 is 40.8 Å². The predicted octanol–water partition coefficient (Wildman–Crippen LogP) is 7.67. The van der Waals surface area contributed by atoms with Gasteiger partial charge in [0, 0.05) is 21.2 Å². The molecule has 0 radical (unpaired) electrons. The van der Waals surface area contributed by atoms with Gasteiger partial charge in [-0.3, -0.25) is 0 Å². The zero-order valence-corrected chi connectivity index (χ0v) is 24.3. The predicted molar refractivity (Wildman–Crippen MR) is 172 cm³/mol. The van der Waals surface area contributed by atoms with Gasteiger partial charge in [-0.25, -0.2) is 0 Å². The Kier molecular flexibility index (Phi) is 7.75. The number of benzene rings is 5. The highest BCUT2D eigenvalue weighted by atomic mass is 31.2. The molecule has 3 nitrogen and oxygen atoms in total. The summed E-state index contributed by atoms with van der Waals surface area (Å²) in [7, 11) is -6.57. The largest absolute Gasteiger partial charge is 0.456 e. The van der Waals surface area contributed by atoms with E-state index in [2.05, 4.69) is 12.2 Å². The van der Waals surface area contributed by atoms with Gasteiger partial charge in [0.25, 0.3) is 0 Å². The van der Waals surface area contributed by atoms with Gasteiger partial charge in [-0.15, -0.1) is 0 Å². The topological polar surface area (TPSA) is 43.4 Å². The fourth-order valence-corrected chi connectivity index (χ4v) is 11.0. The van der Waals surface area contributed by atoms with Crippen LogP contribution >= 0.6 is 14.3 Å². The number of hydrogen-bond acceptors (Lipinski definition) is 3. The maximum atomic E-state index is 15.3. The molecular weight excluding hydrogens is 542 g/mol. The van der Waals surface area contributed by atoms with Gasteiger partial charge in [0.05, 0.1) is 10.6 Å². The van der Waals surface area contributed by atoms with E-state index < -0.39 is 14.3 Å². The molecule has 0 heterocycles. The Labute approximate surface area is 241 Å². The van der Waals surface area contributed by atoms with Crippen molar-refractivity contribution in [2.45, 2.75) is 12.8 Å². The molecule has 0 spiro atoms. The van der Waals surface area contributed by atoms with Crippen molar-refractivity contribution in [2.24, 2.45) is 0 Å². The molecule has 5 heteroatoms. The van der Waals surface area contributed by atoms with E-state index in [0.717, 1.165) is 34.1 Å². The molecule has 41 heavy (non-hydrogen) atoms. The van der Waals surface area contributed by atoms with E-state index in [4.69, 9.17) is 4.74 Å². The van der Waals surface area contributed by atoms with Crippen molar-refractivity contribution in [1.82, 2.24) is 0 Å². The summed E-state index contributed by atoms with van der Waals surface area (Å²) in [6, 6.07) is 43.7. The lowest BCUT2D eigenvalue weighted by Crippen LogP contribution is -2.26. The molecule has 0 bridgehead atoms. The second kappa shape index (κ2) is 11.8. The minimum atomic E-state index is -3.31. The van der Waals surface area contributed by atoms with Crippen LogP contribution in [0.1, 0.15) is 12.8 Å². The van der Waals surface area contributed by atoms with Gasteiger partial charge in [0.15, 0.2) is 14.3 Å². The van der Waals surface area contributed by atoms with Crippen molar-refractivity contribution in [1.29, 1.82) is 0 Å². The zero-order chi connectivity index (χ0) is 28.1. The Morgan fingerprint density at radius 2 is 0.878 bits per heavy atom. The second-order valence-electron chi connectivity index (χ2n) is 9.87. The summed E-state index contributed by atoms with van der Waals surface area (Å²) >= 11 is 0. The molecule has 5 aromatic rings. The SMILES string of the molecule is O=P(C1=CCCC=C1)(c1ccccc1)c1ccccc1Oc1ccccc1P(=O)(c1ccccc1)c1ccccc1. The standard InChI is InChI=1S/C36H30O3P2/c37-40(29-17-5-1-6-18-29,30-19-7-2-8-20-30)35-27-15-13-25-33(35)39-34-26-14-16-28-36(34)41(38,31-21-9-3-10-22-31)32-23-11-4-12-24-32/h1-3,5-11,13-28H,4,12H2.